The highest BCUT2D eigenvalue weighted by molar-refractivity contribution is 7.62. The molecule has 2 N–H and O–H groups in total. The predicted molar refractivity (Wildman–Crippen MR) is 61.7 cm³/mol. The van der Waals surface area contributed by atoms with Crippen LogP contribution in [0.1, 0.15) is 26.3 Å². The van der Waals surface area contributed by atoms with Crippen LogP contribution < -0.4 is 5.50 Å². The summed E-state index contributed by atoms with van der Waals surface area (Å²) in [5.41, 5.74) is 6.93. The third kappa shape index (κ3) is 2.70. The molecule has 0 bridgehead atoms. The van der Waals surface area contributed by atoms with E-state index in [0.717, 1.165) is 5.56 Å². The van der Waals surface area contributed by atoms with Crippen LogP contribution >= 0.6 is 7.29 Å². The summed E-state index contributed by atoms with van der Waals surface area (Å²) < 4.78 is 12.2. The second-order valence-corrected chi connectivity index (χ2v) is 7.86. The number of nitrogens with two attached hydrogens (primary N) is 1. The smallest absolute Gasteiger partial charge is 0.154 e. The molecule has 0 spiro atoms. The first-order valence-electron chi connectivity index (χ1n) is 4.74. The van der Waals surface area contributed by atoms with Crippen molar-refractivity contribution in [2.45, 2.75) is 32.1 Å². The maximum Gasteiger partial charge on any atom is 0.154 e. The van der Waals surface area contributed by atoms with Gasteiger partial charge in [-0.15, -0.1) is 0 Å². The fourth-order valence-electron chi connectivity index (χ4n) is 1.09. The van der Waals surface area contributed by atoms with Crippen molar-refractivity contribution in [1.29, 1.82) is 0 Å². The maximum atomic E-state index is 12.2. The van der Waals surface area contributed by atoms with Gasteiger partial charge in [0.25, 0.3) is 0 Å². The van der Waals surface area contributed by atoms with E-state index in [1.54, 1.807) is 0 Å². The predicted octanol–water partition coefficient (Wildman–Crippen LogP) is 3.22. The van der Waals surface area contributed by atoms with Gasteiger partial charge in [-0.3, -0.25) is 5.50 Å². The van der Waals surface area contributed by atoms with E-state index in [1.807, 2.05) is 51.1 Å². The molecule has 3 heteroatoms. The average Bonchev–Trinajstić information content (AvgIpc) is 2.03. The van der Waals surface area contributed by atoms with Gasteiger partial charge in [-0.05, 0) is 5.56 Å². The van der Waals surface area contributed by atoms with Crippen LogP contribution in [-0.4, -0.2) is 5.16 Å². The van der Waals surface area contributed by atoms with Crippen LogP contribution in [0.2, 0.25) is 0 Å². The van der Waals surface area contributed by atoms with Gasteiger partial charge in [0.1, 0.15) is 0 Å². The summed E-state index contributed by atoms with van der Waals surface area (Å²) in [6.45, 7) is 5.78. The van der Waals surface area contributed by atoms with E-state index >= 15 is 0 Å². The molecule has 0 fully saturated rings. The fraction of sp³-hybridized carbons (Fsp3) is 0.455. The van der Waals surface area contributed by atoms with E-state index in [-0.39, 0.29) is 5.16 Å². The maximum absolute atomic E-state index is 12.2. The Morgan fingerprint density at radius 2 is 1.71 bits per heavy atom. The number of benzene rings is 1. The molecule has 1 rings (SSSR count). The molecule has 1 atom stereocenters. The minimum atomic E-state index is -2.60. The van der Waals surface area contributed by atoms with Crippen molar-refractivity contribution in [3.8, 4) is 0 Å². The van der Waals surface area contributed by atoms with Crippen molar-refractivity contribution >= 4 is 7.29 Å². The van der Waals surface area contributed by atoms with Gasteiger partial charge in [-0.2, -0.15) is 0 Å². The lowest BCUT2D eigenvalue weighted by Gasteiger charge is -2.27. The van der Waals surface area contributed by atoms with E-state index in [1.165, 1.54) is 0 Å². The minimum Gasteiger partial charge on any atom is -0.306 e. The first kappa shape index (κ1) is 11.5. The van der Waals surface area contributed by atoms with Gasteiger partial charge in [0.05, 0.1) is 0 Å². The third-order valence-corrected chi connectivity index (χ3v) is 5.50. The highest BCUT2D eigenvalue weighted by Crippen LogP contribution is 2.52. The van der Waals surface area contributed by atoms with Crippen molar-refractivity contribution in [2.24, 2.45) is 5.50 Å². The van der Waals surface area contributed by atoms with Crippen LogP contribution in [0.4, 0.5) is 0 Å². The molecule has 0 aliphatic rings. The minimum absolute atomic E-state index is 0.317. The standard InChI is InChI=1S/C11H18NOP/c1-11(2,3)14(12,13)9-10-7-5-4-6-8-10/h4-8H,9H2,1-3H3,(H2,12,13). The van der Waals surface area contributed by atoms with Crippen molar-refractivity contribution in [3.63, 3.8) is 0 Å². The molecule has 0 saturated carbocycles. The van der Waals surface area contributed by atoms with E-state index in [4.69, 9.17) is 5.50 Å². The highest BCUT2D eigenvalue weighted by Gasteiger charge is 2.32. The topological polar surface area (TPSA) is 43.1 Å². The lowest BCUT2D eigenvalue weighted by Crippen LogP contribution is -2.21. The number of rotatable bonds is 2. The second kappa shape index (κ2) is 3.88. The fourth-order valence-corrected chi connectivity index (χ4v) is 2.32. The molecule has 78 valence electrons. The Morgan fingerprint density at radius 3 is 2.14 bits per heavy atom. The number of hydrogen-bond donors (Lipinski definition) is 1. The zero-order chi connectivity index (χ0) is 10.8. The Balaban J connectivity index is 2.85. The third-order valence-electron chi connectivity index (χ3n) is 2.40. The number of hydrogen-bond acceptors (Lipinski definition) is 1. The van der Waals surface area contributed by atoms with Crippen molar-refractivity contribution in [3.05, 3.63) is 35.9 Å². The zero-order valence-corrected chi connectivity index (χ0v) is 9.92. The molecule has 0 aromatic heterocycles. The molecular weight excluding hydrogens is 193 g/mol. The van der Waals surface area contributed by atoms with Crippen LogP contribution in [0.3, 0.4) is 0 Å². The Morgan fingerprint density at radius 1 is 1.21 bits per heavy atom. The van der Waals surface area contributed by atoms with Gasteiger partial charge >= 0.3 is 0 Å². The summed E-state index contributed by atoms with van der Waals surface area (Å²) in [4.78, 5) is 0. The summed E-state index contributed by atoms with van der Waals surface area (Å²) in [6, 6.07) is 9.76. The molecule has 0 aliphatic heterocycles. The van der Waals surface area contributed by atoms with Gasteiger partial charge in [0.15, 0.2) is 7.29 Å². The summed E-state index contributed by atoms with van der Waals surface area (Å²) in [5, 5.41) is -0.317. The van der Waals surface area contributed by atoms with Gasteiger partial charge in [-0.25, -0.2) is 0 Å². The Labute approximate surface area is 85.9 Å². The van der Waals surface area contributed by atoms with Crippen molar-refractivity contribution in [1.82, 2.24) is 0 Å². The van der Waals surface area contributed by atoms with E-state index < -0.39 is 7.29 Å². The molecule has 14 heavy (non-hydrogen) atoms. The van der Waals surface area contributed by atoms with Crippen LogP contribution in [0.25, 0.3) is 0 Å². The van der Waals surface area contributed by atoms with Crippen LogP contribution in [0.5, 0.6) is 0 Å². The van der Waals surface area contributed by atoms with Crippen molar-refractivity contribution in [2.75, 3.05) is 0 Å². The summed E-state index contributed by atoms with van der Waals surface area (Å²) >= 11 is 0. The molecule has 0 heterocycles. The first-order chi connectivity index (χ1) is 6.33. The lowest BCUT2D eigenvalue weighted by atomic mass is 10.2. The van der Waals surface area contributed by atoms with E-state index in [2.05, 4.69) is 0 Å². The molecule has 2 nitrogen and oxygen atoms in total. The van der Waals surface area contributed by atoms with Crippen LogP contribution in [0.15, 0.2) is 30.3 Å². The monoisotopic (exact) mass is 211 g/mol. The summed E-state index contributed by atoms with van der Waals surface area (Å²) in [5.74, 6) is 0. The Kier molecular flexibility index (Phi) is 3.18. The quantitative estimate of drug-likeness (QED) is 0.763. The highest BCUT2D eigenvalue weighted by atomic mass is 31.2. The first-order valence-corrected chi connectivity index (χ1v) is 6.71. The molecule has 1 aromatic carbocycles. The molecular formula is C11H18NOP. The Bertz CT molecular complexity index is 340. The largest absolute Gasteiger partial charge is 0.306 e. The van der Waals surface area contributed by atoms with Crippen LogP contribution in [0, 0.1) is 0 Å². The second-order valence-electron chi connectivity index (χ2n) is 4.61. The lowest BCUT2D eigenvalue weighted by molar-refractivity contribution is 0.548. The van der Waals surface area contributed by atoms with Gasteiger partial charge in [-0.1, -0.05) is 51.1 Å². The molecule has 1 unspecified atom stereocenters. The van der Waals surface area contributed by atoms with Crippen molar-refractivity contribution < 1.29 is 4.57 Å². The average molecular weight is 211 g/mol. The van der Waals surface area contributed by atoms with Crippen LogP contribution in [-0.2, 0) is 10.7 Å². The van der Waals surface area contributed by atoms with Gasteiger partial charge in [0, 0.05) is 11.3 Å². The molecule has 0 aliphatic carbocycles. The van der Waals surface area contributed by atoms with Gasteiger partial charge < -0.3 is 4.57 Å². The molecule has 1 aromatic rings. The molecule has 0 amide bonds. The zero-order valence-electron chi connectivity index (χ0n) is 9.03. The Hall–Kier alpha value is -0.590. The molecule has 0 saturated heterocycles. The van der Waals surface area contributed by atoms with E-state index in [9.17, 15) is 4.57 Å². The summed E-state index contributed by atoms with van der Waals surface area (Å²) in [6.07, 6.45) is 0.483. The normalized spacial score (nSPS) is 16.3. The van der Waals surface area contributed by atoms with Gasteiger partial charge in [0.2, 0.25) is 0 Å². The molecule has 0 radical (unpaired) electrons. The van der Waals surface area contributed by atoms with E-state index in [0.29, 0.717) is 6.16 Å². The SMILES string of the molecule is CC(C)(C)P(N)(=O)Cc1ccccc1. The summed E-state index contributed by atoms with van der Waals surface area (Å²) in [7, 11) is -2.60.